The van der Waals surface area contributed by atoms with Gasteiger partial charge in [0.05, 0.1) is 29.9 Å². The third kappa shape index (κ3) is 3.54. The van der Waals surface area contributed by atoms with Crippen molar-refractivity contribution in [1.29, 1.82) is 5.26 Å². The second-order valence-electron chi connectivity index (χ2n) is 7.05. The van der Waals surface area contributed by atoms with E-state index < -0.39 is 0 Å². The van der Waals surface area contributed by atoms with Crippen LogP contribution in [0, 0.1) is 11.3 Å². The summed E-state index contributed by atoms with van der Waals surface area (Å²) in [4.78, 5) is 13.8. The molecule has 0 saturated carbocycles. The van der Waals surface area contributed by atoms with Crippen LogP contribution in [0.5, 0.6) is 0 Å². The summed E-state index contributed by atoms with van der Waals surface area (Å²) in [5, 5.41) is 9.06. The van der Waals surface area contributed by atoms with E-state index in [0.717, 1.165) is 19.3 Å². The summed E-state index contributed by atoms with van der Waals surface area (Å²) in [6.45, 7) is 5.77. The fourth-order valence-electron chi connectivity index (χ4n) is 3.64. The van der Waals surface area contributed by atoms with Gasteiger partial charge in [0.2, 0.25) is 0 Å². The molecule has 0 aromatic heterocycles. The van der Waals surface area contributed by atoms with E-state index in [1.165, 1.54) is 5.56 Å². The molecule has 1 spiro atoms. The van der Waals surface area contributed by atoms with Crippen molar-refractivity contribution >= 4 is 6.09 Å². The summed E-state index contributed by atoms with van der Waals surface area (Å²) in [6, 6.07) is 9.99. The summed E-state index contributed by atoms with van der Waals surface area (Å²) in [7, 11) is 0. The van der Waals surface area contributed by atoms with Gasteiger partial charge in [-0.05, 0) is 50.8 Å². The molecule has 0 aliphatic carbocycles. The number of likely N-dealkylation sites (tertiary alicyclic amines) is 1. The maximum atomic E-state index is 12.0. The number of piperidine rings is 1. The largest absolute Gasteiger partial charge is 0.447 e. The lowest BCUT2D eigenvalue weighted by Crippen LogP contribution is -2.47. The van der Waals surface area contributed by atoms with E-state index in [-0.39, 0.29) is 17.8 Å². The number of hydrogen-bond donors (Lipinski definition) is 0. The number of nitrogens with zero attached hydrogens (tertiary/aromatic N) is 2. The van der Waals surface area contributed by atoms with Gasteiger partial charge in [-0.2, -0.15) is 5.26 Å². The highest BCUT2D eigenvalue weighted by molar-refractivity contribution is 5.67. The molecule has 3 rings (SSSR count). The first-order chi connectivity index (χ1) is 11.5. The SMILES string of the molecule is CC(C)OC(=O)N1CCC2(CC1)C[C@H](c1cccc(C#N)c1)CO2. The van der Waals surface area contributed by atoms with Gasteiger partial charge in [0.25, 0.3) is 0 Å². The lowest BCUT2D eigenvalue weighted by atomic mass is 9.83. The van der Waals surface area contributed by atoms with E-state index in [1.54, 1.807) is 4.90 Å². The summed E-state index contributed by atoms with van der Waals surface area (Å²) in [6.07, 6.45) is 2.32. The number of amides is 1. The highest BCUT2D eigenvalue weighted by atomic mass is 16.6. The topological polar surface area (TPSA) is 62.6 Å². The summed E-state index contributed by atoms with van der Waals surface area (Å²) in [5.41, 5.74) is 1.73. The van der Waals surface area contributed by atoms with Gasteiger partial charge in [0, 0.05) is 19.0 Å². The Hall–Kier alpha value is -2.06. The van der Waals surface area contributed by atoms with Crippen LogP contribution >= 0.6 is 0 Å². The van der Waals surface area contributed by atoms with Crippen molar-refractivity contribution in [3.05, 3.63) is 35.4 Å². The molecule has 1 amide bonds. The Balaban J connectivity index is 1.60. The molecule has 0 N–H and O–H groups in total. The van der Waals surface area contributed by atoms with Gasteiger partial charge in [0.1, 0.15) is 0 Å². The van der Waals surface area contributed by atoms with Crippen LogP contribution in [0.4, 0.5) is 4.79 Å². The molecular weight excluding hydrogens is 304 g/mol. The first kappa shape index (κ1) is 16.8. The van der Waals surface area contributed by atoms with Crippen molar-refractivity contribution in [2.45, 2.75) is 50.7 Å². The molecule has 1 atom stereocenters. The third-order valence-corrected chi connectivity index (χ3v) is 4.97. The van der Waals surface area contributed by atoms with Crippen LogP contribution < -0.4 is 0 Å². The van der Waals surface area contributed by atoms with Crippen LogP contribution in [0.2, 0.25) is 0 Å². The molecule has 2 fully saturated rings. The molecule has 1 aromatic rings. The normalized spacial score (nSPS) is 22.6. The fraction of sp³-hybridized carbons (Fsp3) is 0.579. The van der Waals surface area contributed by atoms with E-state index >= 15 is 0 Å². The Morgan fingerprint density at radius 1 is 1.42 bits per heavy atom. The Morgan fingerprint density at radius 2 is 2.17 bits per heavy atom. The number of carbonyl (C=O) groups is 1. The smallest absolute Gasteiger partial charge is 0.410 e. The molecule has 2 aliphatic heterocycles. The molecule has 5 nitrogen and oxygen atoms in total. The summed E-state index contributed by atoms with van der Waals surface area (Å²) >= 11 is 0. The quantitative estimate of drug-likeness (QED) is 0.834. The lowest BCUT2D eigenvalue weighted by Gasteiger charge is -2.38. The van der Waals surface area contributed by atoms with E-state index in [9.17, 15) is 4.79 Å². The molecule has 0 radical (unpaired) electrons. The van der Waals surface area contributed by atoms with Crippen molar-refractivity contribution in [1.82, 2.24) is 4.90 Å². The van der Waals surface area contributed by atoms with Crippen molar-refractivity contribution in [2.24, 2.45) is 0 Å². The van der Waals surface area contributed by atoms with Crippen LogP contribution in [0.1, 0.15) is 50.2 Å². The number of rotatable bonds is 2. The molecular formula is C19H24N2O3. The van der Waals surface area contributed by atoms with Gasteiger partial charge in [-0.25, -0.2) is 4.79 Å². The van der Waals surface area contributed by atoms with Crippen LogP contribution in [0.3, 0.4) is 0 Å². The van der Waals surface area contributed by atoms with Crippen molar-refractivity contribution in [2.75, 3.05) is 19.7 Å². The van der Waals surface area contributed by atoms with Crippen LogP contribution in [0.25, 0.3) is 0 Å². The number of nitriles is 1. The highest BCUT2D eigenvalue weighted by Gasteiger charge is 2.44. The second kappa shape index (κ2) is 6.82. The maximum absolute atomic E-state index is 12.0. The van der Waals surface area contributed by atoms with Crippen molar-refractivity contribution in [3.8, 4) is 6.07 Å². The molecule has 0 unspecified atom stereocenters. The zero-order chi connectivity index (χ0) is 17.2. The van der Waals surface area contributed by atoms with Crippen molar-refractivity contribution in [3.63, 3.8) is 0 Å². The zero-order valence-electron chi connectivity index (χ0n) is 14.3. The average Bonchev–Trinajstić information content (AvgIpc) is 2.98. The summed E-state index contributed by atoms with van der Waals surface area (Å²) < 4.78 is 11.4. The number of ether oxygens (including phenoxy) is 2. The Morgan fingerprint density at radius 3 is 2.83 bits per heavy atom. The van der Waals surface area contributed by atoms with Gasteiger partial charge >= 0.3 is 6.09 Å². The predicted molar refractivity (Wildman–Crippen MR) is 89.6 cm³/mol. The van der Waals surface area contributed by atoms with E-state index in [2.05, 4.69) is 12.1 Å². The van der Waals surface area contributed by atoms with Gasteiger partial charge in [-0.3, -0.25) is 0 Å². The van der Waals surface area contributed by atoms with Crippen LogP contribution in [-0.4, -0.2) is 42.4 Å². The van der Waals surface area contributed by atoms with Gasteiger partial charge in [-0.1, -0.05) is 12.1 Å². The second-order valence-corrected chi connectivity index (χ2v) is 7.05. The highest BCUT2D eigenvalue weighted by Crippen LogP contribution is 2.42. The monoisotopic (exact) mass is 328 g/mol. The molecule has 24 heavy (non-hydrogen) atoms. The average molecular weight is 328 g/mol. The summed E-state index contributed by atoms with van der Waals surface area (Å²) in [5.74, 6) is 0.326. The standard InChI is InChI=1S/C19H24N2O3/c1-14(2)24-18(22)21-8-6-19(7-9-21)11-17(13-23-19)16-5-3-4-15(10-16)12-20/h3-5,10,14,17H,6-9,11,13H2,1-2H3/t17-/m0/s1. The van der Waals surface area contributed by atoms with Crippen LogP contribution in [-0.2, 0) is 9.47 Å². The Bertz CT molecular complexity index is 642. The lowest BCUT2D eigenvalue weighted by molar-refractivity contribution is -0.0433. The molecule has 2 saturated heterocycles. The molecule has 2 aliphatic rings. The zero-order valence-corrected chi connectivity index (χ0v) is 14.3. The number of hydrogen-bond acceptors (Lipinski definition) is 4. The van der Waals surface area contributed by atoms with Crippen molar-refractivity contribution < 1.29 is 14.3 Å². The van der Waals surface area contributed by atoms with Gasteiger partial charge in [-0.15, -0.1) is 0 Å². The molecule has 0 bridgehead atoms. The third-order valence-electron chi connectivity index (χ3n) is 4.97. The fourth-order valence-corrected chi connectivity index (χ4v) is 3.64. The Labute approximate surface area is 143 Å². The van der Waals surface area contributed by atoms with Gasteiger partial charge in [0.15, 0.2) is 0 Å². The van der Waals surface area contributed by atoms with Gasteiger partial charge < -0.3 is 14.4 Å². The minimum absolute atomic E-state index is 0.0899. The van der Waals surface area contributed by atoms with Crippen LogP contribution in [0.15, 0.2) is 24.3 Å². The first-order valence-corrected chi connectivity index (χ1v) is 8.61. The number of carbonyl (C=O) groups excluding carboxylic acids is 1. The minimum atomic E-state index is -0.226. The first-order valence-electron chi connectivity index (χ1n) is 8.61. The molecule has 128 valence electrons. The van der Waals surface area contributed by atoms with E-state index in [0.29, 0.717) is 31.2 Å². The molecule has 5 heteroatoms. The predicted octanol–water partition coefficient (Wildman–Crippen LogP) is 3.44. The van der Waals surface area contributed by atoms with E-state index in [4.69, 9.17) is 14.7 Å². The van der Waals surface area contributed by atoms with E-state index in [1.807, 2.05) is 32.0 Å². The molecule has 1 aromatic carbocycles. The maximum Gasteiger partial charge on any atom is 0.410 e. The number of benzene rings is 1. The molecule has 2 heterocycles. The minimum Gasteiger partial charge on any atom is -0.447 e. The Kier molecular flexibility index (Phi) is 4.77.